The van der Waals surface area contributed by atoms with Crippen molar-refractivity contribution in [2.75, 3.05) is 46.3 Å². The normalized spacial score (nSPS) is 22.5. The summed E-state index contributed by atoms with van der Waals surface area (Å²) in [5, 5.41) is 7.97. The highest BCUT2D eigenvalue weighted by molar-refractivity contribution is 7.07. The van der Waals surface area contributed by atoms with Crippen LogP contribution in [0, 0.1) is 0 Å². The predicted octanol–water partition coefficient (Wildman–Crippen LogP) is 1.91. The maximum absolute atomic E-state index is 3.57. The first kappa shape index (κ1) is 15.0. The van der Waals surface area contributed by atoms with Gasteiger partial charge in [0.1, 0.15) is 0 Å². The van der Waals surface area contributed by atoms with Crippen LogP contribution in [0.3, 0.4) is 0 Å². The van der Waals surface area contributed by atoms with Crippen molar-refractivity contribution in [2.24, 2.45) is 0 Å². The second-order valence-corrected chi connectivity index (χ2v) is 6.41. The van der Waals surface area contributed by atoms with Crippen LogP contribution < -0.4 is 5.32 Å². The van der Waals surface area contributed by atoms with Gasteiger partial charge in [0.25, 0.3) is 0 Å². The first-order valence-corrected chi connectivity index (χ1v) is 8.34. The number of nitrogens with zero attached hydrogens (tertiary/aromatic N) is 2. The van der Waals surface area contributed by atoms with Gasteiger partial charge in [-0.1, -0.05) is 0 Å². The van der Waals surface area contributed by atoms with Gasteiger partial charge in [0.05, 0.1) is 0 Å². The van der Waals surface area contributed by atoms with Crippen LogP contribution in [0.25, 0.3) is 0 Å². The van der Waals surface area contributed by atoms with Crippen LogP contribution >= 0.6 is 11.3 Å². The highest BCUT2D eigenvalue weighted by Crippen LogP contribution is 2.08. The van der Waals surface area contributed by atoms with Gasteiger partial charge in [-0.2, -0.15) is 11.3 Å². The molecule has 0 radical (unpaired) electrons. The van der Waals surface area contributed by atoms with Crippen LogP contribution in [-0.2, 0) is 6.42 Å². The van der Waals surface area contributed by atoms with E-state index in [1.165, 1.54) is 38.2 Å². The van der Waals surface area contributed by atoms with Crippen LogP contribution in [-0.4, -0.2) is 62.2 Å². The Morgan fingerprint density at radius 2 is 2.26 bits per heavy atom. The van der Waals surface area contributed by atoms with Gasteiger partial charge in [-0.05, 0) is 68.8 Å². The Labute approximate surface area is 121 Å². The maximum Gasteiger partial charge on any atom is 0.0195 e. The van der Waals surface area contributed by atoms with E-state index in [0.717, 1.165) is 19.5 Å². The standard InChI is InChI=1S/C15H27N3S/c1-14-12-17(2)8-3-9-18(14)10-7-16-6-4-15-5-11-19-13-15/h5,11,13-14,16H,3-4,6-10,12H2,1-2H3. The largest absolute Gasteiger partial charge is 0.315 e. The van der Waals surface area contributed by atoms with Crippen molar-refractivity contribution in [3.8, 4) is 0 Å². The third-order valence-electron chi connectivity index (χ3n) is 3.93. The van der Waals surface area contributed by atoms with E-state index in [9.17, 15) is 0 Å². The van der Waals surface area contributed by atoms with Crippen molar-refractivity contribution in [1.29, 1.82) is 0 Å². The summed E-state index contributed by atoms with van der Waals surface area (Å²) in [5.74, 6) is 0. The van der Waals surface area contributed by atoms with E-state index in [1.807, 2.05) is 0 Å². The lowest BCUT2D eigenvalue weighted by Crippen LogP contribution is -2.41. The van der Waals surface area contributed by atoms with Crippen LogP contribution in [0.1, 0.15) is 18.9 Å². The lowest BCUT2D eigenvalue weighted by atomic mass is 10.2. The molecule has 0 spiro atoms. The van der Waals surface area contributed by atoms with E-state index in [1.54, 1.807) is 11.3 Å². The van der Waals surface area contributed by atoms with Crippen molar-refractivity contribution in [1.82, 2.24) is 15.1 Å². The molecule has 0 aromatic carbocycles. The third-order valence-corrected chi connectivity index (χ3v) is 4.66. The summed E-state index contributed by atoms with van der Waals surface area (Å²) < 4.78 is 0. The number of thiophene rings is 1. The van der Waals surface area contributed by atoms with E-state index in [0.29, 0.717) is 6.04 Å². The topological polar surface area (TPSA) is 18.5 Å². The molecule has 1 aromatic rings. The van der Waals surface area contributed by atoms with Crippen molar-refractivity contribution in [3.63, 3.8) is 0 Å². The first-order chi connectivity index (χ1) is 9.25. The summed E-state index contributed by atoms with van der Waals surface area (Å²) in [7, 11) is 2.24. The number of nitrogens with one attached hydrogen (secondary N) is 1. The molecule has 1 aliphatic rings. The fraction of sp³-hybridized carbons (Fsp3) is 0.733. The molecule has 1 aliphatic heterocycles. The van der Waals surface area contributed by atoms with Crippen LogP contribution in [0.5, 0.6) is 0 Å². The summed E-state index contributed by atoms with van der Waals surface area (Å²) in [6.45, 7) is 9.43. The molecule has 1 aromatic heterocycles. The zero-order valence-corrected chi connectivity index (χ0v) is 13.1. The molecular formula is C15H27N3S. The first-order valence-electron chi connectivity index (χ1n) is 7.40. The fourth-order valence-electron chi connectivity index (χ4n) is 2.77. The smallest absolute Gasteiger partial charge is 0.0195 e. The molecule has 19 heavy (non-hydrogen) atoms. The van der Waals surface area contributed by atoms with Gasteiger partial charge in [-0.3, -0.25) is 4.90 Å². The highest BCUT2D eigenvalue weighted by atomic mass is 32.1. The lowest BCUT2D eigenvalue weighted by molar-refractivity contribution is 0.203. The van der Waals surface area contributed by atoms with Gasteiger partial charge in [-0.15, -0.1) is 0 Å². The molecule has 1 unspecified atom stereocenters. The molecule has 1 fully saturated rings. The Morgan fingerprint density at radius 3 is 3.05 bits per heavy atom. The van der Waals surface area contributed by atoms with E-state index in [4.69, 9.17) is 0 Å². The van der Waals surface area contributed by atoms with Gasteiger partial charge < -0.3 is 10.2 Å². The van der Waals surface area contributed by atoms with Gasteiger partial charge >= 0.3 is 0 Å². The molecule has 0 amide bonds. The quantitative estimate of drug-likeness (QED) is 0.804. The molecule has 1 N–H and O–H groups in total. The Bertz CT molecular complexity index is 339. The Balaban J connectivity index is 1.59. The van der Waals surface area contributed by atoms with E-state index in [-0.39, 0.29) is 0 Å². The highest BCUT2D eigenvalue weighted by Gasteiger charge is 2.18. The molecule has 1 atom stereocenters. The van der Waals surface area contributed by atoms with Crippen LogP contribution in [0.2, 0.25) is 0 Å². The summed E-state index contributed by atoms with van der Waals surface area (Å²) in [4.78, 5) is 5.08. The molecule has 3 nitrogen and oxygen atoms in total. The second-order valence-electron chi connectivity index (χ2n) is 5.63. The number of likely N-dealkylation sites (N-methyl/N-ethyl adjacent to an activating group) is 1. The van der Waals surface area contributed by atoms with Crippen molar-refractivity contribution in [2.45, 2.75) is 25.8 Å². The molecule has 0 bridgehead atoms. The Kier molecular flexibility index (Phi) is 6.31. The van der Waals surface area contributed by atoms with E-state index < -0.39 is 0 Å². The van der Waals surface area contributed by atoms with Crippen LogP contribution in [0.4, 0.5) is 0 Å². The molecule has 4 heteroatoms. The lowest BCUT2D eigenvalue weighted by Gasteiger charge is -2.27. The zero-order chi connectivity index (χ0) is 13.5. The maximum atomic E-state index is 3.57. The third kappa shape index (κ3) is 5.22. The minimum Gasteiger partial charge on any atom is -0.315 e. The SMILES string of the molecule is CC1CN(C)CCCN1CCNCCc1ccsc1. The fourth-order valence-corrected chi connectivity index (χ4v) is 3.47. The molecule has 1 saturated heterocycles. The van der Waals surface area contributed by atoms with E-state index >= 15 is 0 Å². The van der Waals surface area contributed by atoms with E-state index in [2.05, 4.69) is 45.9 Å². The monoisotopic (exact) mass is 281 g/mol. The molecule has 0 saturated carbocycles. The van der Waals surface area contributed by atoms with Crippen LogP contribution in [0.15, 0.2) is 16.8 Å². The summed E-state index contributed by atoms with van der Waals surface area (Å²) in [6.07, 6.45) is 2.46. The van der Waals surface area contributed by atoms with Gasteiger partial charge in [-0.25, -0.2) is 0 Å². The average molecular weight is 281 g/mol. The van der Waals surface area contributed by atoms with Gasteiger partial charge in [0.15, 0.2) is 0 Å². The number of hydrogen-bond donors (Lipinski definition) is 1. The summed E-state index contributed by atoms with van der Waals surface area (Å²) in [6, 6.07) is 2.91. The Morgan fingerprint density at radius 1 is 1.37 bits per heavy atom. The van der Waals surface area contributed by atoms with Crippen molar-refractivity contribution < 1.29 is 0 Å². The molecule has 0 aliphatic carbocycles. The predicted molar refractivity (Wildman–Crippen MR) is 84.0 cm³/mol. The molecule has 2 rings (SSSR count). The van der Waals surface area contributed by atoms with Crippen molar-refractivity contribution in [3.05, 3.63) is 22.4 Å². The average Bonchev–Trinajstić information content (AvgIpc) is 2.83. The number of hydrogen-bond acceptors (Lipinski definition) is 4. The summed E-state index contributed by atoms with van der Waals surface area (Å²) in [5.41, 5.74) is 1.46. The minimum atomic E-state index is 0.686. The summed E-state index contributed by atoms with van der Waals surface area (Å²) >= 11 is 1.79. The number of rotatable bonds is 6. The Hall–Kier alpha value is -0.420. The molecule has 108 valence electrons. The van der Waals surface area contributed by atoms with Gasteiger partial charge in [0.2, 0.25) is 0 Å². The second kappa shape index (κ2) is 8.00. The van der Waals surface area contributed by atoms with Crippen molar-refractivity contribution >= 4 is 11.3 Å². The zero-order valence-electron chi connectivity index (χ0n) is 12.3. The minimum absolute atomic E-state index is 0.686. The molecule has 2 heterocycles. The van der Waals surface area contributed by atoms with Gasteiger partial charge in [0, 0.05) is 25.7 Å². The molecular weight excluding hydrogens is 254 g/mol.